The summed E-state index contributed by atoms with van der Waals surface area (Å²) in [7, 11) is -3.49. The molecule has 0 bridgehead atoms. The maximum atomic E-state index is 10.4. The number of alkyl halides is 1. The van der Waals surface area contributed by atoms with Gasteiger partial charge in [-0.25, -0.2) is 0 Å². The van der Waals surface area contributed by atoms with Crippen molar-refractivity contribution in [3.8, 4) is 0 Å². The minimum Gasteiger partial charge on any atom is -0.265 e. The highest BCUT2D eigenvalue weighted by Gasteiger charge is 2.05. The Bertz CT molecular complexity index is 172. The van der Waals surface area contributed by atoms with Gasteiger partial charge in [-0.2, -0.15) is 8.42 Å². The minimum absolute atomic E-state index is 0.0188. The van der Waals surface area contributed by atoms with Crippen molar-refractivity contribution < 1.29 is 12.6 Å². The summed E-state index contributed by atoms with van der Waals surface area (Å²) in [5, 5.41) is -0.513. The van der Waals surface area contributed by atoms with Gasteiger partial charge in [0.2, 0.25) is 0 Å². The number of hydrogen-bond acceptors (Lipinski definition) is 3. The molecule has 0 aliphatic carbocycles. The Morgan fingerprint density at radius 1 is 1.67 bits per heavy atom. The van der Waals surface area contributed by atoms with Crippen LogP contribution in [0.15, 0.2) is 12.7 Å². The summed E-state index contributed by atoms with van der Waals surface area (Å²) in [4.78, 5) is 0. The highest BCUT2D eigenvalue weighted by Crippen LogP contribution is 1.94. The zero-order valence-electron chi connectivity index (χ0n) is 4.71. The third-order valence-electron chi connectivity index (χ3n) is 0.499. The normalized spacial score (nSPS) is 11.2. The van der Waals surface area contributed by atoms with Gasteiger partial charge in [-0.1, -0.05) is 6.08 Å². The smallest absolute Gasteiger partial charge is 0.265 e. The monoisotopic (exact) mass is 170 g/mol. The van der Waals surface area contributed by atoms with Crippen LogP contribution in [0.5, 0.6) is 0 Å². The van der Waals surface area contributed by atoms with Crippen molar-refractivity contribution in [1.29, 1.82) is 0 Å². The fourth-order valence-corrected chi connectivity index (χ4v) is 0.739. The van der Waals surface area contributed by atoms with Gasteiger partial charge in [0, 0.05) is 0 Å². The third kappa shape index (κ3) is 4.44. The van der Waals surface area contributed by atoms with E-state index >= 15 is 0 Å². The molecular weight excluding hydrogens is 164 g/mol. The van der Waals surface area contributed by atoms with E-state index in [4.69, 9.17) is 11.6 Å². The van der Waals surface area contributed by atoms with Crippen LogP contribution in [0, 0.1) is 0 Å². The van der Waals surface area contributed by atoms with Crippen molar-refractivity contribution in [3.63, 3.8) is 0 Å². The van der Waals surface area contributed by atoms with E-state index in [-0.39, 0.29) is 6.61 Å². The van der Waals surface area contributed by atoms with Crippen molar-refractivity contribution in [1.82, 2.24) is 0 Å². The van der Waals surface area contributed by atoms with E-state index in [9.17, 15) is 8.42 Å². The Morgan fingerprint density at radius 3 is 2.56 bits per heavy atom. The van der Waals surface area contributed by atoms with Gasteiger partial charge in [-0.15, -0.1) is 18.2 Å². The first-order chi connectivity index (χ1) is 4.12. The largest absolute Gasteiger partial charge is 0.281 e. The van der Waals surface area contributed by atoms with Gasteiger partial charge < -0.3 is 0 Å². The van der Waals surface area contributed by atoms with Crippen LogP contribution in [0.4, 0.5) is 0 Å². The quantitative estimate of drug-likeness (QED) is 0.355. The maximum Gasteiger partial charge on any atom is 0.281 e. The Hall–Kier alpha value is -0.0600. The molecular formula is C4H7ClO3S. The lowest BCUT2D eigenvalue weighted by atomic mass is 10.7. The first-order valence-electron chi connectivity index (χ1n) is 2.16. The molecule has 0 heterocycles. The van der Waals surface area contributed by atoms with E-state index in [0.717, 1.165) is 0 Å². The topological polar surface area (TPSA) is 43.4 Å². The molecule has 0 atom stereocenters. The van der Waals surface area contributed by atoms with Crippen molar-refractivity contribution in [3.05, 3.63) is 12.7 Å². The average Bonchev–Trinajstić information content (AvgIpc) is 1.84. The number of rotatable bonds is 4. The molecule has 3 nitrogen and oxygen atoms in total. The standard InChI is InChI=1S/C4H7ClO3S/c1-2-3-8-9(6,7)4-5/h2H,1,3-4H2. The predicted octanol–water partition coefficient (Wildman–Crippen LogP) is 0.715. The van der Waals surface area contributed by atoms with Crippen molar-refractivity contribution in [2.45, 2.75) is 0 Å². The molecule has 0 radical (unpaired) electrons. The summed E-state index contributed by atoms with van der Waals surface area (Å²) in [6.45, 7) is 3.25. The fraction of sp³-hybridized carbons (Fsp3) is 0.500. The van der Waals surface area contributed by atoms with Crippen LogP contribution in [-0.2, 0) is 14.3 Å². The summed E-state index contributed by atoms with van der Waals surface area (Å²) < 4.78 is 25.0. The first-order valence-corrected chi connectivity index (χ1v) is 4.27. The number of hydrogen-bond donors (Lipinski definition) is 0. The van der Waals surface area contributed by atoms with E-state index in [1.165, 1.54) is 6.08 Å². The molecule has 0 unspecified atom stereocenters. The molecule has 0 rings (SSSR count). The molecule has 0 spiro atoms. The van der Waals surface area contributed by atoms with Crippen molar-refractivity contribution >= 4 is 21.7 Å². The van der Waals surface area contributed by atoms with Gasteiger partial charge in [0.1, 0.15) is 5.21 Å². The summed E-state index contributed by atoms with van der Waals surface area (Å²) in [5.74, 6) is 0. The lowest BCUT2D eigenvalue weighted by Gasteiger charge is -1.95. The van der Waals surface area contributed by atoms with Crippen molar-refractivity contribution in [2.24, 2.45) is 0 Å². The highest BCUT2D eigenvalue weighted by atomic mass is 35.5. The number of halogens is 1. The highest BCUT2D eigenvalue weighted by molar-refractivity contribution is 7.87. The molecule has 0 aliphatic heterocycles. The van der Waals surface area contributed by atoms with Gasteiger partial charge in [0.15, 0.2) is 0 Å². The molecule has 0 aliphatic rings. The third-order valence-corrected chi connectivity index (χ3v) is 2.06. The summed E-state index contributed by atoms with van der Waals surface area (Å²) in [6, 6.07) is 0. The van der Waals surface area contributed by atoms with Crippen LogP contribution in [0.3, 0.4) is 0 Å². The Balaban J connectivity index is 3.74. The summed E-state index contributed by atoms with van der Waals surface area (Å²) >= 11 is 4.98. The second-order valence-corrected chi connectivity index (χ2v) is 3.46. The molecule has 0 aromatic rings. The predicted molar refractivity (Wildman–Crippen MR) is 35.8 cm³/mol. The van der Waals surface area contributed by atoms with Gasteiger partial charge in [0.05, 0.1) is 6.61 Å². The zero-order chi connectivity index (χ0) is 7.33. The van der Waals surface area contributed by atoms with E-state index in [0.29, 0.717) is 0 Å². The van der Waals surface area contributed by atoms with Crippen LogP contribution < -0.4 is 0 Å². The van der Waals surface area contributed by atoms with Crippen LogP contribution in [0.1, 0.15) is 0 Å². The Labute approximate surface area is 59.4 Å². The second-order valence-electron chi connectivity index (χ2n) is 1.24. The van der Waals surface area contributed by atoms with Crippen LogP contribution in [0.25, 0.3) is 0 Å². The SMILES string of the molecule is C=CCOS(=O)(=O)CCl. The van der Waals surface area contributed by atoms with Gasteiger partial charge in [-0.05, 0) is 0 Å². The zero-order valence-corrected chi connectivity index (χ0v) is 6.28. The molecule has 0 aromatic heterocycles. The lowest BCUT2D eigenvalue weighted by Crippen LogP contribution is -2.06. The second kappa shape index (κ2) is 3.87. The maximum absolute atomic E-state index is 10.4. The van der Waals surface area contributed by atoms with Crippen LogP contribution in [-0.4, -0.2) is 20.2 Å². The summed E-state index contributed by atoms with van der Waals surface area (Å²) in [6.07, 6.45) is 1.34. The molecule has 0 amide bonds. The van der Waals surface area contributed by atoms with E-state index in [2.05, 4.69) is 10.8 Å². The first kappa shape index (κ1) is 8.94. The van der Waals surface area contributed by atoms with E-state index in [1.807, 2.05) is 0 Å². The Morgan fingerprint density at radius 2 is 2.22 bits per heavy atom. The average molecular weight is 171 g/mol. The fourth-order valence-electron chi connectivity index (χ4n) is 0.183. The molecule has 0 N–H and O–H groups in total. The van der Waals surface area contributed by atoms with Crippen LogP contribution in [0.2, 0.25) is 0 Å². The van der Waals surface area contributed by atoms with Gasteiger partial charge in [0.25, 0.3) is 10.1 Å². The lowest BCUT2D eigenvalue weighted by molar-refractivity contribution is 0.361. The molecule has 5 heteroatoms. The molecule has 9 heavy (non-hydrogen) atoms. The van der Waals surface area contributed by atoms with Gasteiger partial charge >= 0.3 is 0 Å². The van der Waals surface area contributed by atoms with E-state index in [1.54, 1.807) is 0 Å². The molecule has 54 valence electrons. The molecule has 0 saturated heterocycles. The van der Waals surface area contributed by atoms with Gasteiger partial charge in [-0.3, -0.25) is 4.18 Å². The minimum atomic E-state index is -3.49. The van der Waals surface area contributed by atoms with Crippen molar-refractivity contribution in [2.75, 3.05) is 11.8 Å². The summed E-state index contributed by atoms with van der Waals surface area (Å²) in [5.41, 5.74) is 0. The molecule has 0 saturated carbocycles. The van der Waals surface area contributed by atoms with E-state index < -0.39 is 15.3 Å². The molecule has 0 aromatic carbocycles. The Kier molecular flexibility index (Phi) is 3.84. The van der Waals surface area contributed by atoms with Crippen LogP contribution >= 0.6 is 11.6 Å². The molecule has 0 fully saturated rings.